The summed E-state index contributed by atoms with van der Waals surface area (Å²) in [6.07, 6.45) is 5.16. The summed E-state index contributed by atoms with van der Waals surface area (Å²) in [5, 5.41) is 0. The summed E-state index contributed by atoms with van der Waals surface area (Å²) in [5.41, 5.74) is 1.66. The minimum absolute atomic E-state index is 0.163. The molecule has 0 radical (unpaired) electrons. The van der Waals surface area contributed by atoms with Gasteiger partial charge in [-0.1, -0.05) is 37.6 Å². The first-order valence-electron chi connectivity index (χ1n) is 8.08. The number of hydrogen-bond donors (Lipinski definition) is 0. The minimum Gasteiger partial charge on any atom is -0.462 e. The lowest BCUT2D eigenvalue weighted by Gasteiger charge is -2.09. The number of allylic oxidation sites excluding steroid dienone is 1. The SMILES string of the molecule is CC=COc1ccc(CCc2ccc(CCC)cc2F)c(F)c1F. The molecule has 2 aromatic rings. The van der Waals surface area contributed by atoms with Crippen molar-refractivity contribution < 1.29 is 17.9 Å². The Bertz CT molecular complexity index is 723. The smallest absolute Gasteiger partial charge is 0.201 e. The summed E-state index contributed by atoms with van der Waals surface area (Å²) in [6, 6.07) is 7.98. The van der Waals surface area contributed by atoms with E-state index in [-0.39, 0.29) is 23.6 Å². The van der Waals surface area contributed by atoms with E-state index in [1.807, 2.05) is 13.0 Å². The van der Waals surface area contributed by atoms with Crippen LogP contribution in [0.1, 0.15) is 37.0 Å². The zero-order valence-corrected chi connectivity index (χ0v) is 13.9. The van der Waals surface area contributed by atoms with Crippen LogP contribution in [0.15, 0.2) is 42.7 Å². The van der Waals surface area contributed by atoms with E-state index in [9.17, 15) is 13.2 Å². The molecule has 0 spiro atoms. The number of aryl methyl sites for hydroxylation is 3. The molecule has 0 aromatic heterocycles. The average molecular weight is 334 g/mol. The van der Waals surface area contributed by atoms with Crippen molar-refractivity contribution in [2.45, 2.75) is 39.5 Å². The van der Waals surface area contributed by atoms with E-state index in [1.165, 1.54) is 24.5 Å². The number of hydrogen-bond acceptors (Lipinski definition) is 1. The normalized spacial score (nSPS) is 11.2. The Hall–Kier alpha value is -2.23. The summed E-state index contributed by atoms with van der Waals surface area (Å²) in [4.78, 5) is 0. The molecule has 2 rings (SSSR count). The molecule has 4 heteroatoms. The molecule has 0 fully saturated rings. The van der Waals surface area contributed by atoms with Gasteiger partial charge in [0.1, 0.15) is 5.82 Å². The Morgan fingerprint density at radius 3 is 2.29 bits per heavy atom. The second-order valence-electron chi connectivity index (χ2n) is 5.61. The van der Waals surface area contributed by atoms with Gasteiger partial charge in [0.2, 0.25) is 5.82 Å². The van der Waals surface area contributed by atoms with Gasteiger partial charge in [0, 0.05) is 0 Å². The van der Waals surface area contributed by atoms with Crippen molar-refractivity contribution in [3.8, 4) is 5.75 Å². The molecule has 0 bridgehead atoms. The van der Waals surface area contributed by atoms with Gasteiger partial charge in [-0.05, 0) is 55.0 Å². The Morgan fingerprint density at radius 1 is 0.917 bits per heavy atom. The topological polar surface area (TPSA) is 9.23 Å². The van der Waals surface area contributed by atoms with Crippen LogP contribution in [-0.2, 0) is 19.3 Å². The summed E-state index contributed by atoms with van der Waals surface area (Å²) >= 11 is 0. The van der Waals surface area contributed by atoms with Crippen LogP contribution in [0, 0.1) is 17.5 Å². The molecule has 0 heterocycles. The van der Waals surface area contributed by atoms with E-state index in [4.69, 9.17) is 4.74 Å². The molecule has 0 saturated carbocycles. The van der Waals surface area contributed by atoms with Crippen LogP contribution in [0.3, 0.4) is 0 Å². The third kappa shape index (κ3) is 4.40. The van der Waals surface area contributed by atoms with E-state index >= 15 is 0 Å². The first kappa shape index (κ1) is 18.1. The van der Waals surface area contributed by atoms with E-state index in [0.717, 1.165) is 18.4 Å². The Balaban J connectivity index is 2.10. The summed E-state index contributed by atoms with van der Waals surface area (Å²) < 4.78 is 47.1. The van der Waals surface area contributed by atoms with Crippen LogP contribution >= 0.6 is 0 Å². The first-order valence-corrected chi connectivity index (χ1v) is 8.08. The third-order valence-electron chi connectivity index (χ3n) is 3.78. The quantitative estimate of drug-likeness (QED) is 0.585. The summed E-state index contributed by atoms with van der Waals surface area (Å²) in [7, 11) is 0. The van der Waals surface area contributed by atoms with Crippen LogP contribution in [0.4, 0.5) is 13.2 Å². The molecule has 0 aliphatic heterocycles. The number of halogens is 3. The molecule has 24 heavy (non-hydrogen) atoms. The molecule has 0 saturated heterocycles. The molecular formula is C20H21F3O. The van der Waals surface area contributed by atoms with Gasteiger partial charge in [-0.15, -0.1) is 0 Å². The lowest BCUT2D eigenvalue weighted by molar-refractivity contribution is 0.411. The highest BCUT2D eigenvalue weighted by Crippen LogP contribution is 2.24. The van der Waals surface area contributed by atoms with Gasteiger partial charge in [0.05, 0.1) is 6.26 Å². The van der Waals surface area contributed by atoms with Crippen molar-refractivity contribution in [1.82, 2.24) is 0 Å². The second-order valence-corrected chi connectivity index (χ2v) is 5.61. The molecule has 1 nitrogen and oxygen atoms in total. The fraction of sp³-hybridized carbons (Fsp3) is 0.300. The highest BCUT2D eigenvalue weighted by atomic mass is 19.2. The van der Waals surface area contributed by atoms with Crippen molar-refractivity contribution in [2.75, 3.05) is 0 Å². The number of benzene rings is 2. The molecule has 0 unspecified atom stereocenters. The maximum Gasteiger partial charge on any atom is 0.201 e. The summed E-state index contributed by atoms with van der Waals surface area (Å²) in [6.45, 7) is 3.75. The van der Waals surface area contributed by atoms with E-state index in [2.05, 4.69) is 0 Å². The average Bonchev–Trinajstić information content (AvgIpc) is 2.57. The van der Waals surface area contributed by atoms with E-state index in [1.54, 1.807) is 19.1 Å². The highest BCUT2D eigenvalue weighted by Gasteiger charge is 2.15. The molecule has 0 aliphatic carbocycles. The van der Waals surface area contributed by atoms with Crippen LogP contribution < -0.4 is 4.74 Å². The monoisotopic (exact) mass is 334 g/mol. The van der Waals surface area contributed by atoms with Crippen LogP contribution in [0.25, 0.3) is 0 Å². The molecule has 0 aliphatic rings. The molecule has 2 aromatic carbocycles. The Morgan fingerprint density at radius 2 is 1.62 bits per heavy atom. The first-order chi connectivity index (χ1) is 11.6. The van der Waals surface area contributed by atoms with Crippen LogP contribution in [0.5, 0.6) is 5.75 Å². The lowest BCUT2D eigenvalue weighted by Crippen LogP contribution is -2.01. The van der Waals surface area contributed by atoms with Crippen molar-refractivity contribution in [2.24, 2.45) is 0 Å². The van der Waals surface area contributed by atoms with Crippen LogP contribution in [0.2, 0.25) is 0 Å². The van der Waals surface area contributed by atoms with E-state index in [0.29, 0.717) is 12.0 Å². The minimum atomic E-state index is -1.02. The standard InChI is InChI=1S/C20H21F3O/c1-3-5-14-6-7-15(17(21)13-14)8-9-16-10-11-18(24-12-4-2)20(23)19(16)22/h4,6-7,10-13H,3,5,8-9H2,1-2H3. The highest BCUT2D eigenvalue weighted by molar-refractivity contribution is 5.33. The summed E-state index contributed by atoms with van der Waals surface area (Å²) in [5.74, 6) is -2.43. The predicted octanol–water partition coefficient (Wildman–Crippen LogP) is 5.75. The second kappa shape index (κ2) is 8.57. The zero-order chi connectivity index (χ0) is 17.5. The van der Waals surface area contributed by atoms with Gasteiger partial charge in [-0.3, -0.25) is 0 Å². The predicted molar refractivity (Wildman–Crippen MR) is 89.6 cm³/mol. The van der Waals surface area contributed by atoms with Crippen LogP contribution in [-0.4, -0.2) is 0 Å². The van der Waals surface area contributed by atoms with Gasteiger partial charge in [-0.25, -0.2) is 8.78 Å². The fourth-order valence-corrected chi connectivity index (χ4v) is 2.50. The van der Waals surface area contributed by atoms with Gasteiger partial charge in [-0.2, -0.15) is 4.39 Å². The number of rotatable bonds is 7. The van der Waals surface area contributed by atoms with E-state index < -0.39 is 11.6 Å². The third-order valence-corrected chi connectivity index (χ3v) is 3.78. The maximum absolute atomic E-state index is 14.1. The molecule has 0 atom stereocenters. The van der Waals surface area contributed by atoms with Gasteiger partial charge in [0.25, 0.3) is 0 Å². The van der Waals surface area contributed by atoms with Crippen molar-refractivity contribution in [1.29, 1.82) is 0 Å². The zero-order valence-electron chi connectivity index (χ0n) is 13.9. The Kier molecular flexibility index (Phi) is 6.47. The van der Waals surface area contributed by atoms with Crippen molar-refractivity contribution >= 4 is 0 Å². The number of ether oxygens (including phenoxy) is 1. The molecule has 128 valence electrons. The molecular weight excluding hydrogens is 313 g/mol. The van der Waals surface area contributed by atoms with Gasteiger partial charge < -0.3 is 4.74 Å². The lowest BCUT2D eigenvalue weighted by atomic mass is 10.0. The Labute approximate surface area is 140 Å². The van der Waals surface area contributed by atoms with Gasteiger partial charge >= 0.3 is 0 Å². The van der Waals surface area contributed by atoms with Gasteiger partial charge in [0.15, 0.2) is 11.6 Å². The fourth-order valence-electron chi connectivity index (χ4n) is 2.50. The largest absolute Gasteiger partial charge is 0.462 e. The molecule has 0 amide bonds. The maximum atomic E-state index is 14.1. The van der Waals surface area contributed by atoms with Crippen molar-refractivity contribution in [3.05, 3.63) is 76.8 Å². The molecule has 0 N–H and O–H groups in total. The van der Waals surface area contributed by atoms with Crippen molar-refractivity contribution in [3.63, 3.8) is 0 Å².